The summed E-state index contributed by atoms with van der Waals surface area (Å²) >= 11 is 6.30. The van der Waals surface area contributed by atoms with Gasteiger partial charge >= 0.3 is 0 Å². The molecule has 4 rings (SSSR count). The molecule has 2 aromatic carbocycles. The van der Waals surface area contributed by atoms with E-state index in [0.29, 0.717) is 5.69 Å². The van der Waals surface area contributed by atoms with Crippen molar-refractivity contribution in [2.75, 3.05) is 36.0 Å². The molecule has 2 fully saturated rings. The monoisotopic (exact) mass is 383 g/mol. The molecule has 0 spiro atoms. The molecule has 1 unspecified atom stereocenters. The molecule has 2 aliphatic rings. The van der Waals surface area contributed by atoms with Crippen LogP contribution >= 0.6 is 11.6 Å². The molecule has 0 aliphatic carbocycles. The largest absolute Gasteiger partial charge is 0.368 e. The minimum atomic E-state index is -0.370. The van der Waals surface area contributed by atoms with E-state index in [1.54, 1.807) is 0 Å². The number of anilines is 2. The van der Waals surface area contributed by atoms with Crippen molar-refractivity contribution in [3.63, 3.8) is 0 Å². The highest BCUT2D eigenvalue weighted by molar-refractivity contribution is 6.33. The van der Waals surface area contributed by atoms with Gasteiger partial charge in [-0.3, -0.25) is 14.5 Å². The van der Waals surface area contributed by atoms with Gasteiger partial charge in [0.2, 0.25) is 5.91 Å². The molecule has 2 aromatic rings. The third-order valence-corrected chi connectivity index (χ3v) is 5.75. The van der Waals surface area contributed by atoms with Crippen molar-refractivity contribution in [2.24, 2.45) is 0 Å². The molecule has 2 amide bonds. The van der Waals surface area contributed by atoms with Gasteiger partial charge in [-0.1, -0.05) is 41.9 Å². The van der Waals surface area contributed by atoms with E-state index in [4.69, 9.17) is 11.6 Å². The second kappa shape index (κ2) is 7.33. The number of rotatable bonds is 3. The predicted octanol–water partition coefficient (Wildman–Crippen LogP) is 3.10. The Balaban J connectivity index is 1.46. The number of nitrogens with zero attached hydrogens (tertiary/aromatic N) is 3. The SMILES string of the molecule is Cc1ccccc1N1C(=O)CC(N2CCN(c3ccccc3Cl)CC2)C1=O. The molecule has 5 nitrogen and oxygen atoms in total. The van der Waals surface area contributed by atoms with E-state index in [2.05, 4.69) is 9.80 Å². The summed E-state index contributed by atoms with van der Waals surface area (Å²) in [4.78, 5) is 31.3. The summed E-state index contributed by atoms with van der Waals surface area (Å²) in [7, 11) is 0. The minimum Gasteiger partial charge on any atom is -0.368 e. The highest BCUT2D eigenvalue weighted by Gasteiger charge is 2.43. The molecule has 2 saturated heterocycles. The Morgan fingerprint density at radius 2 is 1.52 bits per heavy atom. The van der Waals surface area contributed by atoms with Crippen LogP contribution in [0.2, 0.25) is 5.02 Å². The number of hydrogen-bond acceptors (Lipinski definition) is 4. The molecule has 6 heteroatoms. The predicted molar refractivity (Wildman–Crippen MR) is 107 cm³/mol. The summed E-state index contributed by atoms with van der Waals surface area (Å²) in [5.74, 6) is -0.228. The van der Waals surface area contributed by atoms with Crippen LogP contribution in [-0.2, 0) is 9.59 Å². The van der Waals surface area contributed by atoms with Crippen molar-refractivity contribution in [2.45, 2.75) is 19.4 Å². The Morgan fingerprint density at radius 3 is 2.19 bits per heavy atom. The highest BCUT2D eigenvalue weighted by atomic mass is 35.5. The van der Waals surface area contributed by atoms with Crippen molar-refractivity contribution in [3.05, 3.63) is 59.1 Å². The quantitative estimate of drug-likeness (QED) is 0.764. The van der Waals surface area contributed by atoms with Crippen LogP contribution in [0.3, 0.4) is 0 Å². The van der Waals surface area contributed by atoms with Crippen LogP contribution in [0.1, 0.15) is 12.0 Å². The van der Waals surface area contributed by atoms with Crippen molar-refractivity contribution in [3.8, 4) is 0 Å². The van der Waals surface area contributed by atoms with E-state index in [0.717, 1.165) is 42.5 Å². The normalized spacial score (nSPS) is 21.2. The fourth-order valence-corrected chi connectivity index (χ4v) is 4.21. The van der Waals surface area contributed by atoms with Crippen LogP contribution in [0.4, 0.5) is 11.4 Å². The van der Waals surface area contributed by atoms with Crippen molar-refractivity contribution < 1.29 is 9.59 Å². The topological polar surface area (TPSA) is 43.9 Å². The van der Waals surface area contributed by atoms with Gasteiger partial charge in [0.05, 0.1) is 28.9 Å². The molecule has 2 heterocycles. The lowest BCUT2D eigenvalue weighted by atomic mass is 10.1. The summed E-state index contributed by atoms with van der Waals surface area (Å²) in [6, 6.07) is 15.0. The van der Waals surface area contributed by atoms with Crippen LogP contribution in [0, 0.1) is 6.92 Å². The standard InChI is InChI=1S/C21H22ClN3O2/c1-15-6-2-4-8-17(15)25-20(26)14-19(21(25)27)24-12-10-23(11-13-24)18-9-5-3-7-16(18)22/h2-9,19H,10-14H2,1H3. The van der Waals surface area contributed by atoms with E-state index >= 15 is 0 Å². The molecular formula is C21H22ClN3O2. The third-order valence-electron chi connectivity index (χ3n) is 5.43. The lowest BCUT2D eigenvalue weighted by Crippen LogP contribution is -2.52. The second-order valence-electron chi connectivity index (χ2n) is 7.05. The average molecular weight is 384 g/mol. The number of para-hydroxylation sites is 2. The number of piperazine rings is 1. The van der Waals surface area contributed by atoms with Gasteiger partial charge in [0.15, 0.2) is 0 Å². The Hall–Kier alpha value is -2.37. The number of hydrogen-bond donors (Lipinski definition) is 0. The molecular weight excluding hydrogens is 362 g/mol. The van der Waals surface area contributed by atoms with Crippen LogP contribution < -0.4 is 9.80 Å². The Labute approximate surface area is 164 Å². The number of aryl methyl sites for hydroxylation is 1. The van der Waals surface area contributed by atoms with Crippen molar-refractivity contribution in [1.82, 2.24) is 4.90 Å². The zero-order valence-electron chi connectivity index (χ0n) is 15.3. The molecule has 140 valence electrons. The average Bonchev–Trinajstić information content (AvgIpc) is 2.97. The molecule has 0 N–H and O–H groups in total. The zero-order valence-corrected chi connectivity index (χ0v) is 16.0. The van der Waals surface area contributed by atoms with Crippen LogP contribution in [-0.4, -0.2) is 48.9 Å². The number of amides is 2. The van der Waals surface area contributed by atoms with Gasteiger partial charge in [-0.2, -0.15) is 0 Å². The van der Waals surface area contributed by atoms with Gasteiger partial charge in [0.25, 0.3) is 5.91 Å². The summed E-state index contributed by atoms with van der Waals surface area (Å²) in [5, 5.41) is 0.740. The Morgan fingerprint density at radius 1 is 0.889 bits per heavy atom. The number of carbonyl (C=O) groups is 2. The van der Waals surface area contributed by atoms with E-state index < -0.39 is 0 Å². The maximum absolute atomic E-state index is 13.0. The Kier molecular flexibility index (Phi) is 4.89. The molecule has 0 saturated carbocycles. The molecule has 0 bridgehead atoms. The smallest absolute Gasteiger partial charge is 0.251 e. The van der Waals surface area contributed by atoms with Crippen LogP contribution in [0.15, 0.2) is 48.5 Å². The third kappa shape index (κ3) is 3.33. The van der Waals surface area contributed by atoms with Crippen LogP contribution in [0.25, 0.3) is 0 Å². The van der Waals surface area contributed by atoms with E-state index in [-0.39, 0.29) is 24.3 Å². The Bertz CT molecular complexity index is 877. The zero-order chi connectivity index (χ0) is 19.0. The van der Waals surface area contributed by atoms with E-state index in [9.17, 15) is 9.59 Å². The minimum absolute atomic E-state index is 0.111. The highest BCUT2D eigenvalue weighted by Crippen LogP contribution is 2.30. The van der Waals surface area contributed by atoms with Gasteiger partial charge in [0.1, 0.15) is 0 Å². The number of halogens is 1. The van der Waals surface area contributed by atoms with Gasteiger partial charge in [-0.15, -0.1) is 0 Å². The molecule has 27 heavy (non-hydrogen) atoms. The molecule has 0 aromatic heterocycles. The van der Waals surface area contributed by atoms with Gasteiger partial charge in [-0.05, 0) is 30.7 Å². The second-order valence-corrected chi connectivity index (χ2v) is 7.46. The maximum Gasteiger partial charge on any atom is 0.251 e. The van der Waals surface area contributed by atoms with Crippen molar-refractivity contribution in [1.29, 1.82) is 0 Å². The summed E-state index contributed by atoms with van der Waals surface area (Å²) in [6.07, 6.45) is 0.249. The first kappa shape index (κ1) is 18.0. The van der Waals surface area contributed by atoms with Crippen LogP contribution in [0.5, 0.6) is 0 Å². The first-order valence-electron chi connectivity index (χ1n) is 9.22. The lowest BCUT2D eigenvalue weighted by molar-refractivity contribution is -0.123. The van der Waals surface area contributed by atoms with E-state index in [1.165, 1.54) is 4.90 Å². The van der Waals surface area contributed by atoms with E-state index in [1.807, 2.05) is 55.5 Å². The fourth-order valence-electron chi connectivity index (χ4n) is 3.95. The molecule has 0 radical (unpaired) electrons. The number of carbonyl (C=O) groups excluding carboxylic acids is 2. The molecule has 2 aliphatic heterocycles. The first-order chi connectivity index (χ1) is 13.1. The fraction of sp³-hybridized carbons (Fsp3) is 0.333. The number of benzene rings is 2. The lowest BCUT2D eigenvalue weighted by Gasteiger charge is -2.38. The summed E-state index contributed by atoms with van der Waals surface area (Å²) in [5.41, 5.74) is 2.65. The van der Waals surface area contributed by atoms with Crippen molar-refractivity contribution >= 4 is 34.8 Å². The van der Waals surface area contributed by atoms with Gasteiger partial charge in [-0.25, -0.2) is 4.90 Å². The van der Waals surface area contributed by atoms with Gasteiger partial charge < -0.3 is 4.90 Å². The summed E-state index contributed by atoms with van der Waals surface area (Å²) in [6.45, 7) is 4.96. The maximum atomic E-state index is 13.0. The number of imide groups is 1. The summed E-state index contributed by atoms with van der Waals surface area (Å²) < 4.78 is 0. The first-order valence-corrected chi connectivity index (χ1v) is 9.60. The molecule has 1 atom stereocenters. The van der Waals surface area contributed by atoms with Gasteiger partial charge in [0, 0.05) is 26.2 Å².